The van der Waals surface area contributed by atoms with Crippen LogP contribution in [0.2, 0.25) is 0 Å². The summed E-state index contributed by atoms with van der Waals surface area (Å²) < 4.78 is 19.3. The van der Waals surface area contributed by atoms with Gasteiger partial charge in [0, 0.05) is 19.1 Å². The lowest BCUT2D eigenvalue weighted by molar-refractivity contribution is -0.137. The number of carbonyl (C=O) groups excluding carboxylic acids is 1. The Morgan fingerprint density at radius 2 is 2.23 bits per heavy atom. The first kappa shape index (κ1) is 15.7. The molecule has 2 aliphatic rings. The summed E-state index contributed by atoms with van der Waals surface area (Å²) in [5.41, 5.74) is 6.11. The monoisotopic (exact) mass is 370 g/mol. The standard InChI is InChI=1S/C16H20BrFN2O2/c1-9(22-15-5-3-11(18)6-13(15)17)16(21)20-7-10-2-4-14(19)12(10)8-20/h3,5-6,9-10,12,14H,2,4,7-8,19H2,1H3. The van der Waals surface area contributed by atoms with Crippen molar-refractivity contribution in [2.45, 2.75) is 31.9 Å². The van der Waals surface area contributed by atoms with E-state index >= 15 is 0 Å². The third-order valence-corrected chi connectivity index (χ3v) is 5.39. The normalized spacial score (nSPS) is 28.5. The van der Waals surface area contributed by atoms with E-state index < -0.39 is 6.10 Å². The van der Waals surface area contributed by atoms with Crippen molar-refractivity contribution in [3.63, 3.8) is 0 Å². The quantitative estimate of drug-likeness (QED) is 0.889. The van der Waals surface area contributed by atoms with Gasteiger partial charge in [-0.3, -0.25) is 4.79 Å². The molecular formula is C16H20BrFN2O2. The third kappa shape index (κ3) is 2.99. The molecule has 0 aromatic heterocycles. The van der Waals surface area contributed by atoms with E-state index in [0.29, 0.717) is 22.1 Å². The van der Waals surface area contributed by atoms with Crippen LogP contribution in [0.1, 0.15) is 19.8 Å². The molecule has 6 heteroatoms. The molecule has 1 aromatic carbocycles. The number of hydrogen-bond donors (Lipinski definition) is 1. The lowest BCUT2D eigenvalue weighted by Crippen LogP contribution is -2.40. The Morgan fingerprint density at radius 1 is 1.45 bits per heavy atom. The van der Waals surface area contributed by atoms with Crippen LogP contribution in [0, 0.1) is 17.7 Å². The first-order chi connectivity index (χ1) is 10.5. The molecule has 1 aliphatic carbocycles. The molecule has 4 nitrogen and oxygen atoms in total. The molecule has 3 rings (SSSR count). The van der Waals surface area contributed by atoms with E-state index in [1.807, 2.05) is 4.90 Å². The number of nitrogens with zero attached hydrogens (tertiary/aromatic N) is 1. The molecule has 1 saturated carbocycles. The maximum atomic E-state index is 13.1. The van der Waals surface area contributed by atoms with E-state index in [4.69, 9.17) is 10.5 Å². The minimum Gasteiger partial charge on any atom is -0.480 e. The second kappa shape index (κ2) is 6.16. The highest BCUT2D eigenvalue weighted by molar-refractivity contribution is 9.10. The van der Waals surface area contributed by atoms with Gasteiger partial charge in [-0.25, -0.2) is 4.39 Å². The average molecular weight is 371 g/mol. The number of hydrogen-bond acceptors (Lipinski definition) is 3. The first-order valence-corrected chi connectivity index (χ1v) is 8.41. The SMILES string of the molecule is CC(Oc1ccc(F)cc1Br)C(=O)N1CC2CCC(N)C2C1. The van der Waals surface area contributed by atoms with Gasteiger partial charge in [0.05, 0.1) is 4.47 Å². The summed E-state index contributed by atoms with van der Waals surface area (Å²) in [6.45, 7) is 3.23. The Bertz CT molecular complexity index is 583. The summed E-state index contributed by atoms with van der Waals surface area (Å²) in [5, 5.41) is 0. The van der Waals surface area contributed by atoms with Crippen molar-refractivity contribution in [2.24, 2.45) is 17.6 Å². The summed E-state index contributed by atoms with van der Waals surface area (Å²) in [6, 6.07) is 4.38. The van der Waals surface area contributed by atoms with Crippen molar-refractivity contribution in [3.8, 4) is 5.75 Å². The minimum atomic E-state index is -0.600. The van der Waals surface area contributed by atoms with Crippen molar-refractivity contribution in [3.05, 3.63) is 28.5 Å². The molecule has 120 valence electrons. The molecule has 22 heavy (non-hydrogen) atoms. The van der Waals surface area contributed by atoms with Gasteiger partial charge in [0.15, 0.2) is 6.10 Å². The Hall–Kier alpha value is -1.14. The van der Waals surface area contributed by atoms with Gasteiger partial charge in [-0.1, -0.05) is 0 Å². The van der Waals surface area contributed by atoms with E-state index in [-0.39, 0.29) is 17.8 Å². The topological polar surface area (TPSA) is 55.6 Å². The van der Waals surface area contributed by atoms with Crippen LogP contribution in [0.5, 0.6) is 5.75 Å². The number of benzene rings is 1. The van der Waals surface area contributed by atoms with Gasteiger partial charge < -0.3 is 15.4 Å². The molecule has 2 N–H and O–H groups in total. The van der Waals surface area contributed by atoms with Crippen molar-refractivity contribution < 1.29 is 13.9 Å². The fourth-order valence-electron chi connectivity index (χ4n) is 3.56. The van der Waals surface area contributed by atoms with E-state index in [2.05, 4.69) is 15.9 Å². The van der Waals surface area contributed by atoms with Gasteiger partial charge in [-0.15, -0.1) is 0 Å². The molecule has 0 bridgehead atoms. The molecule has 2 fully saturated rings. The lowest BCUT2D eigenvalue weighted by atomic mass is 9.98. The van der Waals surface area contributed by atoms with Crippen LogP contribution in [0.4, 0.5) is 4.39 Å². The summed E-state index contributed by atoms with van der Waals surface area (Å²) in [4.78, 5) is 14.4. The number of likely N-dealkylation sites (tertiary alicyclic amines) is 1. The highest BCUT2D eigenvalue weighted by atomic mass is 79.9. The zero-order valence-corrected chi connectivity index (χ0v) is 14.1. The van der Waals surface area contributed by atoms with Gasteiger partial charge in [0.2, 0.25) is 0 Å². The molecule has 1 aliphatic heterocycles. The number of nitrogens with two attached hydrogens (primary N) is 1. The van der Waals surface area contributed by atoms with Gasteiger partial charge in [-0.2, -0.15) is 0 Å². The van der Waals surface area contributed by atoms with Crippen LogP contribution < -0.4 is 10.5 Å². The molecule has 4 unspecified atom stereocenters. The summed E-state index contributed by atoms with van der Waals surface area (Å²) in [6.07, 6.45) is 1.57. The predicted molar refractivity (Wildman–Crippen MR) is 85.0 cm³/mol. The van der Waals surface area contributed by atoms with Crippen LogP contribution in [0.15, 0.2) is 22.7 Å². The summed E-state index contributed by atoms with van der Waals surface area (Å²) in [5.74, 6) is 1.05. The maximum Gasteiger partial charge on any atom is 0.263 e. The largest absolute Gasteiger partial charge is 0.480 e. The Morgan fingerprint density at radius 3 is 2.91 bits per heavy atom. The van der Waals surface area contributed by atoms with Crippen LogP contribution >= 0.6 is 15.9 Å². The molecule has 1 amide bonds. The fourth-order valence-corrected chi connectivity index (χ4v) is 4.00. The van der Waals surface area contributed by atoms with E-state index in [1.165, 1.54) is 18.2 Å². The smallest absolute Gasteiger partial charge is 0.263 e. The highest BCUT2D eigenvalue weighted by Crippen LogP contribution is 2.37. The second-order valence-corrected chi connectivity index (χ2v) is 7.10. The van der Waals surface area contributed by atoms with E-state index in [9.17, 15) is 9.18 Å². The Labute approximate surface area is 137 Å². The zero-order valence-electron chi connectivity index (χ0n) is 12.5. The van der Waals surface area contributed by atoms with Gasteiger partial charge in [0.25, 0.3) is 5.91 Å². The van der Waals surface area contributed by atoms with Crippen molar-refractivity contribution in [2.75, 3.05) is 13.1 Å². The van der Waals surface area contributed by atoms with Crippen molar-refractivity contribution in [1.82, 2.24) is 4.90 Å². The molecular weight excluding hydrogens is 351 g/mol. The number of rotatable bonds is 3. The number of ether oxygens (including phenoxy) is 1. The minimum absolute atomic E-state index is 0.0298. The second-order valence-electron chi connectivity index (χ2n) is 6.24. The highest BCUT2D eigenvalue weighted by Gasteiger charge is 2.43. The van der Waals surface area contributed by atoms with Crippen molar-refractivity contribution >= 4 is 21.8 Å². The predicted octanol–water partition coefficient (Wildman–Crippen LogP) is 2.55. The zero-order chi connectivity index (χ0) is 15.9. The third-order valence-electron chi connectivity index (χ3n) is 4.77. The Kier molecular flexibility index (Phi) is 4.41. The molecule has 1 heterocycles. The van der Waals surface area contributed by atoms with Crippen molar-refractivity contribution in [1.29, 1.82) is 0 Å². The molecule has 4 atom stereocenters. The van der Waals surface area contributed by atoms with E-state index in [1.54, 1.807) is 6.92 Å². The summed E-state index contributed by atoms with van der Waals surface area (Å²) in [7, 11) is 0. The summed E-state index contributed by atoms with van der Waals surface area (Å²) >= 11 is 3.25. The molecule has 1 saturated heterocycles. The number of halogens is 2. The van der Waals surface area contributed by atoms with Crippen LogP contribution in [-0.4, -0.2) is 36.0 Å². The van der Waals surface area contributed by atoms with Crippen LogP contribution in [0.3, 0.4) is 0 Å². The fraction of sp³-hybridized carbons (Fsp3) is 0.562. The van der Waals surface area contributed by atoms with E-state index in [0.717, 1.165) is 25.9 Å². The average Bonchev–Trinajstić information content (AvgIpc) is 3.03. The number of amides is 1. The van der Waals surface area contributed by atoms with Gasteiger partial charge in [0.1, 0.15) is 11.6 Å². The maximum absolute atomic E-state index is 13.1. The molecule has 0 spiro atoms. The van der Waals surface area contributed by atoms with Gasteiger partial charge >= 0.3 is 0 Å². The van der Waals surface area contributed by atoms with Gasteiger partial charge in [-0.05, 0) is 65.7 Å². The lowest BCUT2D eigenvalue weighted by Gasteiger charge is -2.23. The molecule has 1 aromatic rings. The number of carbonyl (C=O) groups is 1. The Balaban J connectivity index is 1.63. The van der Waals surface area contributed by atoms with Crippen LogP contribution in [0.25, 0.3) is 0 Å². The molecule has 0 radical (unpaired) electrons. The van der Waals surface area contributed by atoms with Crippen LogP contribution in [-0.2, 0) is 4.79 Å². The first-order valence-electron chi connectivity index (χ1n) is 7.62. The number of fused-ring (bicyclic) bond motifs is 1.